The minimum Gasteiger partial charge on any atom is -0.268 e. The number of amides is 1. The Morgan fingerprint density at radius 2 is 1.78 bits per heavy atom. The highest BCUT2D eigenvalue weighted by Crippen LogP contribution is 2.39. The summed E-state index contributed by atoms with van der Waals surface area (Å²) in [5.41, 5.74) is 1.18. The molecule has 0 aromatic heterocycles. The molecule has 4 rings (SSSR count). The van der Waals surface area contributed by atoms with E-state index in [1.807, 2.05) is 12.1 Å². The maximum absolute atomic E-state index is 12.9. The molecule has 160 valence electrons. The van der Waals surface area contributed by atoms with Crippen molar-refractivity contribution < 1.29 is 9.72 Å². The van der Waals surface area contributed by atoms with Crippen LogP contribution in [0.15, 0.2) is 85.9 Å². The number of anilines is 1. The molecule has 1 fully saturated rings. The second-order valence-corrected chi connectivity index (χ2v) is 10.7. The lowest BCUT2D eigenvalue weighted by Gasteiger charge is -2.14. The van der Waals surface area contributed by atoms with Gasteiger partial charge < -0.3 is 0 Å². The number of nitro groups is 1. The first-order chi connectivity index (χ1) is 15.3. The molecule has 3 aromatic rings. The molecule has 0 aliphatic carbocycles. The fraction of sp³-hybridized carbons (Fsp3) is 0. The lowest BCUT2D eigenvalue weighted by atomic mass is 10.2. The molecule has 0 atom stereocenters. The van der Waals surface area contributed by atoms with Crippen molar-refractivity contribution in [2.45, 2.75) is 9.79 Å². The number of benzene rings is 3. The maximum Gasteiger partial charge on any atom is 0.283 e. The Morgan fingerprint density at radius 1 is 1.09 bits per heavy atom. The maximum atomic E-state index is 12.9. The van der Waals surface area contributed by atoms with Crippen molar-refractivity contribution in [2.24, 2.45) is 0 Å². The lowest BCUT2D eigenvalue weighted by Crippen LogP contribution is -2.27. The van der Waals surface area contributed by atoms with Gasteiger partial charge in [0, 0.05) is 20.5 Å². The van der Waals surface area contributed by atoms with Crippen LogP contribution < -0.4 is 4.90 Å². The lowest BCUT2D eigenvalue weighted by molar-refractivity contribution is -0.387. The molecule has 0 saturated carbocycles. The van der Waals surface area contributed by atoms with Gasteiger partial charge in [0.05, 0.1) is 20.4 Å². The standard InChI is InChI=1S/C22H12BrClN2O3S3/c23-14-2-6-16(7-3-14)25-21(27)20(32-22(25)30)12-13-1-10-19(18(11-13)26(28)29)31-17-8-4-15(24)5-9-17/h1-12H/b20-12-. The Bertz CT molecular complexity index is 1260. The summed E-state index contributed by atoms with van der Waals surface area (Å²) in [5, 5.41) is 12.3. The molecule has 1 aliphatic rings. The van der Waals surface area contributed by atoms with Gasteiger partial charge in [-0.3, -0.25) is 19.8 Å². The van der Waals surface area contributed by atoms with E-state index in [1.54, 1.807) is 54.6 Å². The summed E-state index contributed by atoms with van der Waals surface area (Å²) in [6.45, 7) is 0. The van der Waals surface area contributed by atoms with Crippen molar-refractivity contribution in [1.82, 2.24) is 0 Å². The van der Waals surface area contributed by atoms with Crippen LogP contribution in [0.1, 0.15) is 5.56 Å². The van der Waals surface area contributed by atoms with Gasteiger partial charge in [-0.1, -0.05) is 69.3 Å². The first-order valence-electron chi connectivity index (χ1n) is 9.07. The van der Waals surface area contributed by atoms with Crippen LogP contribution in [-0.2, 0) is 4.79 Å². The Hall–Kier alpha value is -2.17. The van der Waals surface area contributed by atoms with E-state index in [2.05, 4.69) is 15.9 Å². The number of nitrogens with zero attached hydrogens (tertiary/aromatic N) is 2. The van der Waals surface area contributed by atoms with Gasteiger partial charge in [-0.2, -0.15) is 0 Å². The number of nitro benzene ring substituents is 1. The Kier molecular flexibility index (Phi) is 7.02. The molecular formula is C22H12BrClN2O3S3. The Morgan fingerprint density at radius 3 is 2.44 bits per heavy atom. The summed E-state index contributed by atoms with van der Waals surface area (Å²) in [5.74, 6) is -0.260. The Balaban J connectivity index is 1.62. The monoisotopic (exact) mass is 562 g/mol. The third-order valence-electron chi connectivity index (χ3n) is 4.40. The predicted molar refractivity (Wildman–Crippen MR) is 138 cm³/mol. The summed E-state index contributed by atoms with van der Waals surface area (Å²) in [4.78, 5) is 27.4. The Labute approximate surface area is 211 Å². The number of carbonyl (C=O) groups is 1. The highest BCUT2D eigenvalue weighted by atomic mass is 79.9. The van der Waals surface area contributed by atoms with Gasteiger partial charge in [0.1, 0.15) is 0 Å². The van der Waals surface area contributed by atoms with Crippen molar-refractivity contribution in [1.29, 1.82) is 0 Å². The van der Waals surface area contributed by atoms with E-state index in [1.165, 1.54) is 34.5 Å². The zero-order valence-corrected chi connectivity index (χ0v) is 20.8. The van der Waals surface area contributed by atoms with Crippen LogP contribution in [0.5, 0.6) is 0 Å². The smallest absolute Gasteiger partial charge is 0.268 e. The number of carbonyl (C=O) groups excluding carboxylic acids is 1. The second kappa shape index (κ2) is 9.76. The molecule has 1 heterocycles. The van der Waals surface area contributed by atoms with Crippen molar-refractivity contribution in [3.8, 4) is 0 Å². The number of thiocarbonyl (C=S) groups is 1. The van der Waals surface area contributed by atoms with E-state index in [0.717, 1.165) is 9.37 Å². The third kappa shape index (κ3) is 5.07. The number of hydrogen-bond donors (Lipinski definition) is 0. The van der Waals surface area contributed by atoms with E-state index in [9.17, 15) is 14.9 Å². The van der Waals surface area contributed by atoms with Gasteiger partial charge in [0.2, 0.25) is 0 Å². The van der Waals surface area contributed by atoms with Crippen LogP contribution in [0.4, 0.5) is 11.4 Å². The summed E-state index contributed by atoms with van der Waals surface area (Å²) in [6.07, 6.45) is 1.63. The summed E-state index contributed by atoms with van der Waals surface area (Å²) in [7, 11) is 0. The van der Waals surface area contributed by atoms with E-state index in [0.29, 0.717) is 30.4 Å². The molecule has 3 aromatic carbocycles. The first-order valence-corrected chi connectivity index (χ1v) is 12.3. The molecule has 1 saturated heterocycles. The van der Waals surface area contributed by atoms with Crippen LogP contribution in [-0.4, -0.2) is 15.2 Å². The van der Waals surface area contributed by atoms with Crippen LogP contribution in [0, 0.1) is 10.1 Å². The number of halogens is 2. The molecule has 5 nitrogen and oxygen atoms in total. The number of hydrogen-bond acceptors (Lipinski definition) is 6. The number of thioether (sulfide) groups is 1. The van der Waals surface area contributed by atoms with Crippen LogP contribution >= 0.6 is 63.3 Å². The molecule has 0 spiro atoms. The van der Waals surface area contributed by atoms with Crippen molar-refractivity contribution in [3.05, 3.63) is 96.8 Å². The van der Waals surface area contributed by atoms with Gasteiger partial charge in [-0.15, -0.1) is 0 Å². The van der Waals surface area contributed by atoms with Crippen molar-refractivity contribution in [3.63, 3.8) is 0 Å². The molecule has 0 unspecified atom stereocenters. The highest BCUT2D eigenvalue weighted by Gasteiger charge is 2.33. The number of rotatable bonds is 5. The minimum atomic E-state index is -0.428. The molecule has 1 aliphatic heterocycles. The molecular weight excluding hydrogens is 552 g/mol. The van der Waals surface area contributed by atoms with E-state index in [-0.39, 0.29) is 11.6 Å². The average Bonchev–Trinajstić information content (AvgIpc) is 3.04. The first kappa shape index (κ1) is 23.0. The molecule has 0 N–H and O–H groups in total. The molecule has 0 bridgehead atoms. The quantitative estimate of drug-likeness (QED) is 0.138. The third-order valence-corrected chi connectivity index (χ3v) is 7.55. The SMILES string of the molecule is O=C1/C(=C/c2ccc(Sc3ccc(Cl)cc3)c([N+](=O)[O-])c2)SC(=S)N1c1ccc(Br)cc1. The fourth-order valence-electron chi connectivity index (χ4n) is 2.91. The van der Waals surface area contributed by atoms with E-state index < -0.39 is 4.92 Å². The zero-order chi connectivity index (χ0) is 22.8. The van der Waals surface area contributed by atoms with Gasteiger partial charge in [-0.25, -0.2) is 0 Å². The summed E-state index contributed by atoms with van der Waals surface area (Å²) < 4.78 is 1.30. The van der Waals surface area contributed by atoms with Gasteiger partial charge in [0.15, 0.2) is 4.32 Å². The fourth-order valence-corrected chi connectivity index (χ4v) is 5.50. The van der Waals surface area contributed by atoms with E-state index >= 15 is 0 Å². The second-order valence-electron chi connectivity index (χ2n) is 6.53. The van der Waals surface area contributed by atoms with Crippen molar-refractivity contribution >= 4 is 91.0 Å². The van der Waals surface area contributed by atoms with E-state index in [4.69, 9.17) is 23.8 Å². The van der Waals surface area contributed by atoms with Gasteiger partial charge in [-0.05, 0) is 66.2 Å². The van der Waals surface area contributed by atoms with Crippen LogP contribution in [0.2, 0.25) is 5.02 Å². The topological polar surface area (TPSA) is 63.4 Å². The zero-order valence-electron chi connectivity index (χ0n) is 16.0. The summed E-state index contributed by atoms with van der Waals surface area (Å²) >= 11 is 17.1. The predicted octanol–water partition coefficient (Wildman–Crippen LogP) is 7.57. The molecule has 32 heavy (non-hydrogen) atoms. The molecule has 10 heteroatoms. The van der Waals surface area contributed by atoms with Gasteiger partial charge in [0.25, 0.3) is 11.6 Å². The minimum absolute atomic E-state index is 0.0397. The summed E-state index contributed by atoms with van der Waals surface area (Å²) in [6, 6.07) is 19.2. The normalized spacial score (nSPS) is 14.9. The van der Waals surface area contributed by atoms with Crippen LogP contribution in [0.25, 0.3) is 6.08 Å². The largest absolute Gasteiger partial charge is 0.283 e. The van der Waals surface area contributed by atoms with Gasteiger partial charge >= 0.3 is 0 Å². The van der Waals surface area contributed by atoms with Crippen molar-refractivity contribution in [2.75, 3.05) is 4.90 Å². The molecule has 0 radical (unpaired) electrons. The average molecular weight is 564 g/mol. The van der Waals surface area contributed by atoms with Crippen LogP contribution in [0.3, 0.4) is 0 Å². The highest BCUT2D eigenvalue weighted by molar-refractivity contribution is 9.10. The molecule has 1 amide bonds.